The number of hydrogen-bond donors (Lipinski definition) is 4. The van der Waals surface area contributed by atoms with Gasteiger partial charge in [-0.2, -0.15) is 0 Å². The number of nitrogens with two attached hydrogens (primary N) is 1. The molecule has 25 heavy (non-hydrogen) atoms. The van der Waals surface area contributed by atoms with Gasteiger partial charge in [0.1, 0.15) is 22.9 Å². The summed E-state index contributed by atoms with van der Waals surface area (Å²) in [6.45, 7) is 1.74. The Labute approximate surface area is 148 Å². The molecule has 0 aliphatic heterocycles. The van der Waals surface area contributed by atoms with Crippen molar-refractivity contribution in [1.82, 2.24) is 15.0 Å². The van der Waals surface area contributed by atoms with E-state index in [0.29, 0.717) is 21.3 Å². The molecule has 0 spiro atoms. The Morgan fingerprint density at radius 3 is 2.80 bits per heavy atom. The molecular formula is C17H17N7S. The van der Waals surface area contributed by atoms with Crippen LogP contribution in [0.25, 0.3) is 11.4 Å². The molecule has 0 saturated heterocycles. The van der Waals surface area contributed by atoms with Crippen molar-refractivity contribution in [2.75, 3.05) is 0 Å². The molecule has 0 radical (unpaired) electrons. The molecule has 8 heteroatoms. The lowest BCUT2D eigenvalue weighted by Crippen LogP contribution is -2.12. The Morgan fingerprint density at radius 2 is 2.20 bits per heavy atom. The number of hydrogen-bond acceptors (Lipinski definition) is 5. The van der Waals surface area contributed by atoms with Crippen LogP contribution in [0.2, 0.25) is 0 Å². The van der Waals surface area contributed by atoms with Crippen molar-refractivity contribution >= 4 is 29.2 Å². The second kappa shape index (κ2) is 7.18. The summed E-state index contributed by atoms with van der Waals surface area (Å²) < 4.78 is 0. The second-order valence-corrected chi connectivity index (χ2v) is 6.36. The molecule has 3 heterocycles. The number of thiazole rings is 1. The van der Waals surface area contributed by atoms with Crippen LogP contribution in [0, 0.1) is 10.8 Å². The first-order valence-corrected chi connectivity index (χ1v) is 8.36. The van der Waals surface area contributed by atoms with Crippen LogP contribution in [-0.2, 0) is 0 Å². The Balaban J connectivity index is 2.16. The van der Waals surface area contributed by atoms with Crippen molar-refractivity contribution in [3.63, 3.8) is 0 Å². The standard InChI is InChI=1S/C17H17N7S/c1-10(19)13(11-5-2-3-7-21-11)17-24-14(12-6-4-8-22-12)15(25-17)16(20)23-9-18/h2-9,13,19,22H,1H3,(H3,18,20,23). The summed E-state index contributed by atoms with van der Waals surface area (Å²) >= 11 is 1.37. The van der Waals surface area contributed by atoms with Gasteiger partial charge in [-0.25, -0.2) is 9.98 Å². The van der Waals surface area contributed by atoms with Gasteiger partial charge in [-0.3, -0.25) is 10.4 Å². The normalized spacial score (nSPS) is 12.8. The lowest BCUT2D eigenvalue weighted by molar-refractivity contribution is 0.963. The molecule has 0 bridgehead atoms. The fourth-order valence-electron chi connectivity index (χ4n) is 2.50. The quantitative estimate of drug-likeness (QED) is 0.402. The van der Waals surface area contributed by atoms with E-state index in [0.717, 1.165) is 17.7 Å². The second-order valence-electron chi connectivity index (χ2n) is 5.33. The number of nitrogens with zero attached hydrogens (tertiary/aromatic N) is 3. The molecule has 0 fully saturated rings. The van der Waals surface area contributed by atoms with E-state index in [2.05, 4.69) is 15.0 Å². The average Bonchev–Trinajstić information content (AvgIpc) is 3.25. The Bertz CT molecular complexity index is 910. The van der Waals surface area contributed by atoms with Crippen LogP contribution < -0.4 is 5.73 Å². The third-order valence-corrected chi connectivity index (χ3v) is 4.74. The van der Waals surface area contributed by atoms with Gasteiger partial charge in [-0.05, 0) is 31.2 Å². The van der Waals surface area contributed by atoms with E-state index >= 15 is 0 Å². The molecule has 3 aromatic rings. The zero-order chi connectivity index (χ0) is 17.8. The summed E-state index contributed by atoms with van der Waals surface area (Å²) in [6.07, 6.45) is 4.42. The fourth-order valence-corrected chi connectivity index (χ4v) is 3.67. The van der Waals surface area contributed by atoms with Gasteiger partial charge in [-0.1, -0.05) is 6.07 Å². The lowest BCUT2D eigenvalue weighted by atomic mass is 10.0. The molecular weight excluding hydrogens is 334 g/mol. The predicted molar refractivity (Wildman–Crippen MR) is 101 cm³/mol. The summed E-state index contributed by atoms with van der Waals surface area (Å²) in [7, 11) is 0. The minimum atomic E-state index is -0.346. The molecule has 5 N–H and O–H groups in total. The zero-order valence-electron chi connectivity index (χ0n) is 13.5. The highest BCUT2D eigenvalue weighted by atomic mass is 32.1. The van der Waals surface area contributed by atoms with Crippen molar-refractivity contribution in [2.24, 2.45) is 10.7 Å². The number of aromatic nitrogens is 3. The summed E-state index contributed by atoms with van der Waals surface area (Å²) in [5, 5.41) is 16.1. The first-order valence-electron chi connectivity index (χ1n) is 7.55. The first-order chi connectivity index (χ1) is 12.1. The Kier molecular flexibility index (Phi) is 4.80. The molecule has 0 aliphatic carbocycles. The first kappa shape index (κ1) is 16.7. The van der Waals surface area contributed by atoms with E-state index in [-0.39, 0.29) is 11.8 Å². The highest BCUT2D eigenvalue weighted by Crippen LogP contribution is 2.34. The SMILES string of the molecule is CC(=N)C(c1ccccn1)c1nc(-c2ccc[nH]2)c(C(N)=NC=N)s1. The van der Waals surface area contributed by atoms with Gasteiger partial charge in [0, 0.05) is 18.1 Å². The summed E-state index contributed by atoms with van der Waals surface area (Å²) in [5.74, 6) is -0.118. The number of H-pyrrole nitrogens is 1. The van der Waals surface area contributed by atoms with Gasteiger partial charge in [0.05, 0.1) is 22.2 Å². The summed E-state index contributed by atoms with van der Waals surface area (Å²) in [6, 6.07) is 9.39. The van der Waals surface area contributed by atoms with Gasteiger partial charge in [0.25, 0.3) is 0 Å². The molecule has 1 atom stereocenters. The van der Waals surface area contributed by atoms with Gasteiger partial charge in [-0.15, -0.1) is 11.3 Å². The van der Waals surface area contributed by atoms with E-state index in [1.165, 1.54) is 11.3 Å². The highest BCUT2D eigenvalue weighted by Gasteiger charge is 2.25. The molecule has 7 nitrogen and oxygen atoms in total. The maximum Gasteiger partial charge on any atom is 0.144 e. The molecule has 1 unspecified atom stereocenters. The molecule has 3 aromatic heterocycles. The number of pyridine rings is 1. The van der Waals surface area contributed by atoms with Crippen LogP contribution in [0.1, 0.15) is 28.4 Å². The molecule has 126 valence electrons. The third kappa shape index (κ3) is 3.38. The van der Waals surface area contributed by atoms with E-state index in [1.54, 1.807) is 19.3 Å². The van der Waals surface area contributed by atoms with E-state index in [4.69, 9.17) is 21.5 Å². The molecule has 0 aromatic carbocycles. The number of aromatic amines is 1. The number of nitrogens with one attached hydrogen (secondary N) is 3. The van der Waals surface area contributed by atoms with Crippen molar-refractivity contribution in [3.05, 3.63) is 58.3 Å². The van der Waals surface area contributed by atoms with Crippen molar-refractivity contribution in [3.8, 4) is 11.4 Å². The van der Waals surface area contributed by atoms with E-state index in [1.807, 2.05) is 30.3 Å². The van der Waals surface area contributed by atoms with Crippen molar-refractivity contribution < 1.29 is 0 Å². The van der Waals surface area contributed by atoms with Gasteiger partial charge in [0.2, 0.25) is 0 Å². The van der Waals surface area contributed by atoms with Gasteiger partial charge in [0.15, 0.2) is 0 Å². The maximum atomic E-state index is 8.19. The topological polar surface area (TPSA) is 128 Å². The monoisotopic (exact) mass is 351 g/mol. The minimum Gasteiger partial charge on any atom is -0.382 e. The van der Waals surface area contributed by atoms with E-state index in [9.17, 15) is 0 Å². The van der Waals surface area contributed by atoms with Crippen LogP contribution in [-0.4, -0.2) is 32.8 Å². The van der Waals surface area contributed by atoms with Crippen molar-refractivity contribution in [2.45, 2.75) is 12.8 Å². The zero-order valence-corrected chi connectivity index (χ0v) is 14.3. The van der Waals surface area contributed by atoms with Crippen molar-refractivity contribution in [1.29, 1.82) is 10.8 Å². The Morgan fingerprint density at radius 1 is 1.36 bits per heavy atom. The van der Waals surface area contributed by atoms with E-state index < -0.39 is 0 Å². The largest absolute Gasteiger partial charge is 0.382 e. The molecule has 0 aliphatic rings. The number of aliphatic imine (C=N–C) groups is 1. The van der Waals surface area contributed by atoms with Crippen LogP contribution in [0.3, 0.4) is 0 Å². The third-order valence-electron chi connectivity index (χ3n) is 3.60. The Hall–Kier alpha value is -3.13. The van der Waals surface area contributed by atoms with Crippen LogP contribution >= 0.6 is 11.3 Å². The number of amidine groups is 1. The van der Waals surface area contributed by atoms with Gasteiger partial charge < -0.3 is 16.1 Å². The average molecular weight is 351 g/mol. The maximum absolute atomic E-state index is 8.19. The minimum absolute atomic E-state index is 0.228. The molecule has 3 rings (SSSR count). The van der Waals surface area contributed by atoms with Crippen LogP contribution in [0.5, 0.6) is 0 Å². The highest BCUT2D eigenvalue weighted by molar-refractivity contribution is 7.14. The van der Waals surface area contributed by atoms with Gasteiger partial charge >= 0.3 is 0 Å². The molecule has 0 amide bonds. The lowest BCUT2D eigenvalue weighted by Gasteiger charge is -2.12. The fraction of sp³-hybridized carbons (Fsp3) is 0.118. The molecule has 0 saturated carbocycles. The number of rotatable bonds is 6. The smallest absolute Gasteiger partial charge is 0.144 e. The van der Waals surface area contributed by atoms with Crippen LogP contribution in [0.15, 0.2) is 47.7 Å². The predicted octanol–water partition coefficient (Wildman–Crippen LogP) is 3.02. The summed E-state index contributed by atoms with van der Waals surface area (Å²) in [5.41, 5.74) is 8.70. The van der Waals surface area contributed by atoms with Crippen LogP contribution in [0.4, 0.5) is 0 Å². The summed E-state index contributed by atoms with van der Waals surface area (Å²) in [4.78, 5) is 16.8.